The van der Waals surface area contributed by atoms with Crippen molar-refractivity contribution in [2.75, 3.05) is 39.6 Å². The molecule has 0 aromatic carbocycles. The quantitative estimate of drug-likeness (QED) is 0.0169. The number of hydrogen-bond acceptors (Lipinski definition) is 15. The van der Waals surface area contributed by atoms with Crippen LogP contribution in [0.4, 0.5) is 0 Å². The van der Waals surface area contributed by atoms with Gasteiger partial charge in [-0.15, -0.1) is 0 Å². The molecule has 0 amide bonds. The third kappa shape index (κ3) is 67.3. The molecule has 0 heterocycles. The number of carbonyl (C=O) groups is 4. The van der Waals surface area contributed by atoms with E-state index in [2.05, 4.69) is 88.5 Å². The zero-order chi connectivity index (χ0) is 69.0. The van der Waals surface area contributed by atoms with Crippen LogP contribution >= 0.6 is 15.6 Å². The van der Waals surface area contributed by atoms with Crippen molar-refractivity contribution in [3.8, 4) is 0 Å². The second kappa shape index (κ2) is 68.3. The molecule has 0 radical (unpaired) electrons. The summed E-state index contributed by atoms with van der Waals surface area (Å²) in [6.07, 6.45) is 65.0. The van der Waals surface area contributed by atoms with Gasteiger partial charge in [-0.25, -0.2) is 9.13 Å². The van der Waals surface area contributed by atoms with Crippen LogP contribution < -0.4 is 0 Å². The molecule has 0 aromatic rings. The number of phosphoric ester groups is 2. The van der Waals surface area contributed by atoms with Gasteiger partial charge < -0.3 is 33.8 Å². The van der Waals surface area contributed by atoms with Crippen LogP contribution in [0, 0.1) is 0 Å². The normalized spacial score (nSPS) is 14.3. The van der Waals surface area contributed by atoms with E-state index in [0.717, 1.165) is 167 Å². The smallest absolute Gasteiger partial charge is 0.462 e. The van der Waals surface area contributed by atoms with Gasteiger partial charge in [-0.05, 0) is 83.5 Å². The first-order valence-electron chi connectivity index (χ1n) is 37.5. The number of esters is 4. The largest absolute Gasteiger partial charge is 0.472 e. The molecule has 0 spiro atoms. The number of unbranched alkanes of at least 4 members (excludes halogenated alkanes) is 35. The molecular weight excluding hydrogens is 1230 g/mol. The minimum absolute atomic E-state index is 0.0979. The number of aliphatic hydroxyl groups excluding tert-OH is 1. The summed E-state index contributed by atoms with van der Waals surface area (Å²) in [6, 6.07) is 0. The minimum Gasteiger partial charge on any atom is -0.462 e. The molecule has 548 valence electrons. The van der Waals surface area contributed by atoms with Crippen molar-refractivity contribution < 1.29 is 80.2 Å². The molecule has 5 unspecified atom stereocenters. The van der Waals surface area contributed by atoms with Crippen LogP contribution in [0.25, 0.3) is 0 Å². The molecule has 5 atom stereocenters. The van der Waals surface area contributed by atoms with Crippen LogP contribution in [0.5, 0.6) is 0 Å². The van der Waals surface area contributed by atoms with Crippen LogP contribution in [0.2, 0.25) is 0 Å². The molecule has 0 saturated carbocycles. The van der Waals surface area contributed by atoms with Crippen LogP contribution in [0.1, 0.15) is 336 Å². The van der Waals surface area contributed by atoms with Gasteiger partial charge in [-0.3, -0.25) is 37.3 Å². The molecule has 0 rings (SSSR count). The third-order valence-electron chi connectivity index (χ3n) is 16.0. The van der Waals surface area contributed by atoms with Gasteiger partial charge >= 0.3 is 39.5 Å². The van der Waals surface area contributed by atoms with Gasteiger partial charge in [0.15, 0.2) is 12.2 Å². The Bertz CT molecular complexity index is 2030. The Morgan fingerprint density at radius 3 is 0.894 bits per heavy atom. The molecule has 0 fully saturated rings. The minimum atomic E-state index is -4.97. The maximum atomic E-state index is 13.1. The molecule has 3 N–H and O–H groups in total. The first kappa shape index (κ1) is 90.8. The number of allylic oxidation sites excluding steroid dienone is 10. The second-order valence-corrected chi connectivity index (χ2v) is 28.1. The van der Waals surface area contributed by atoms with Crippen molar-refractivity contribution in [2.45, 2.75) is 354 Å². The molecule has 94 heavy (non-hydrogen) atoms. The Labute approximate surface area is 571 Å². The topological polar surface area (TPSA) is 237 Å². The first-order valence-corrected chi connectivity index (χ1v) is 40.5. The lowest BCUT2D eigenvalue weighted by Crippen LogP contribution is -2.30. The Balaban J connectivity index is 5.29. The molecule has 17 nitrogen and oxygen atoms in total. The molecule has 0 aliphatic rings. The van der Waals surface area contributed by atoms with E-state index in [1.807, 2.05) is 0 Å². The van der Waals surface area contributed by atoms with E-state index in [4.69, 9.17) is 37.0 Å². The summed E-state index contributed by atoms with van der Waals surface area (Å²) < 4.78 is 68.4. The van der Waals surface area contributed by atoms with Gasteiger partial charge in [0.2, 0.25) is 0 Å². The number of rotatable bonds is 71. The average Bonchev–Trinajstić information content (AvgIpc) is 2.15. The lowest BCUT2D eigenvalue weighted by molar-refractivity contribution is -0.161. The fourth-order valence-electron chi connectivity index (χ4n) is 10.3. The van der Waals surface area contributed by atoms with E-state index >= 15 is 0 Å². The predicted octanol–water partition coefficient (Wildman–Crippen LogP) is 21.1. The Hall–Kier alpha value is -3.24. The Morgan fingerprint density at radius 1 is 0.309 bits per heavy atom. The summed E-state index contributed by atoms with van der Waals surface area (Å²) in [7, 11) is -9.93. The summed E-state index contributed by atoms with van der Waals surface area (Å²) in [5.41, 5.74) is 0. The van der Waals surface area contributed by atoms with Crippen molar-refractivity contribution in [2.24, 2.45) is 0 Å². The standard InChI is InChI=1S/C75H136O17P2/c1-5-9-13-17-21-25-29-32-33-34-35-38-41-44-48-52-56-60-73(78)86-66-71(92-75(80)62-58-54-50-46-42-37-31-27-23-19-15-11-7-3)68-90-94(83,84)88-64-69(76)63-87-93(81,82)89-67-70(91-74(79)61-57-53-49-45-39-28-24-20-16-12-8-4)65-85-72(77)59-55-51-47-43-40-36-30-26-22-18-14-10-6-2/h9,13-14,18,21,25-26,30,32-33,69-71,76H,5-8,10-12,15-17,19-20,22-24,27-29,31,34-68H2,1-4H3,(H,81,82)(H,83,84)/b13-9-,18-14-,25-21-,30-26-,33-32-. The lowest BCUT2D eigenvalue weighted by Gasteiger charge is -2.21. The SMILES string of the molecule is CC/C=C\C/C=C\C/C=C\CCCCCCCCCC(=O)OCC(COP(=O)(O)OCC(O)COP(=O)(O)OCC(COC(=O)CCCCCCC/C=C\C/C=C\CCC)OC(=O)CCCCCCCCCCCCC)OC(=O)CCCCCCCCCCCCCCC. The monoisotopic (exact) mass is 1370 g/mol. The van der Waals surface area contributed by atoms with E-state index < -0.39 is 97.5 Å². The number of aliphatic hydroxyl groups is 1. The highest BCUT2D eigenvalue weighted by Gasteiger charge is 2.30. The highest BCUT2D eigenvalue weighted by molar-refractivity contribution is 7.47. The van der Waals surface area contributed by atoms with Crippen LogP contribution in [0.3, 0.4) is 0 Å². The van der Waals surface area contributed by atoms with Crippen LogP contribution in [-0.4, -0.2) is 96.7 Å². The predicted molar refractivity (Wildman–Crippen MR) is 381 cm³/mol. The zero-order valence-electron chi connectivity index (χ0n) is 59.6. The highest BCUT2D eigenvalue weighted by atomic mass is 31.2. The van der Waals surface area contributed by atoms with E-state index in [1.165, 1.54) is 89.9 Å². The first-order chi connectivity index (χ1) is 45.7. The number of hydrogen-bond donors (Lipinski definition) is 3. The molecule has 0 aromatic heterocycles. The maximum absolute atomic E-state index is 13.1. The maximum Gasteiger partial charge on any atom is 0.472 e. The van der Waals surface area contributed by atoms with Crippen LogP contribution in [-0.2, 0) is 65.4 Å². The molecule has 0 bridgehead atoms. The van der Waals surface area contributed by atoms with E-state index in [0.29, 0.717) is 25.7 Å². The lowest BCUT2D eigenvalue weighted by atomic mass is 10.0. The van der Waals surface area contributed by atoms with Crippen molar-refractivity contribution in [1.29, 1.82) is 0 Å². The zero-order valence-corrected chi connectivity index (χ0v) is 61.4. The van der Waals surface area contributed by atoms with Crippen molar-refractivity contribution in [3.63, 3.8) is 0 Å². The summed E-state index contributed by atoms with van der Waals surface area (Å²) in [5, 5.41) is 10.6. The van der Waals surface area contributed by atoms with Crippen molar-refractivity contribution in [3.05, 3.63) is 60.8 Å². The van der Waals surface area contributed by atoms with Crippen molar-refractivity contribution >= 4 is 39.5 Å². The van der Waals surface area contributed by atoms with Gasteiger partial charge in [0.1, 0.15) is 19.3 Å². The number of phosphoric acid groups is 2. The third-order valence-corrected chi connectivity index (χ3v) is 17.9. The van der Waals surface area contributed by atoms with E-state index in [9.17, 15) is 43.2 Å². The average molecular weight is 1370 g/mol. The van der Waals surface area contributed by atoms with Crippen molar-refractivity contribution in [1.82, 2.24) is 0 Å². The van der Waals surface area contributed by atoms with E-state index in [1.54, 1.807) is 0 Å². The Morgan fingerprint density at radius 2 is 0.574 bits per heavy atom. The van der Waals surface area contributed by atoms with Gasteiger partial charge in [0, 0.05) is 25.7 Å². The molecular formula is C75H136O17P2. The van der Waals surface area contributed by atoms with Crippen LogP contribution in [0.15, 0.2) is 60.8 Å². The summed E-state index contributed by atoms with van der Waals surface area (Å²) >= 11 is 0. The second-order valence-electron chi connectivity index (χ2n) is 25.2. The Kier molecular flexibility index (Phi) is 65.9. The van der Waals surface area contributed by atoms with Gasteiger partial charge in [-0.2, -0.15) is 0 Å². The summed E-state index contributed by atoms with van der Waals surface area (Å²) in [4.78, 5) is 72.7. The highest BCUT2D eigenvalue weighted by Crippen LogP contribution is 2.45. The van der Waals surface area contributed by atoms with Gasteiger partial charge in [-0.1, -0.05) is 288 Å². The summed E-state index contributed by atoms with van der Waals surface area (Å²) in [6.45, 7) is 4.71. The summed E-state index contributed by atoms with van der Waals surface area (Å²) in [5.74, 6) is -2.17. The molecule has 19 heteroatoms. The number of carbonyl (C=O) groups excluding carboxylic acids is 4. The van der Waals surface area contributed by atoms with Gasteiger partial charge in [0.25, 0.3) is 0 Å². The fourth-order valence-corrected chi connectivity index (χ4v) is 11.9. The molecule has 0 aliphatic heterocycles. The van der Waals surface area contributed by atoms with Gasteiger partial charge in [0.05, 0.1) is 26.4 Å². The van der Waals surface area contributed by atoms with E-state index in [-0.39, 0.29) is 25.7 Å². The number of ether oxygens (including phenoxy) is 4. The molecule has 0 aliphatic carbocycles. The fraction of sp³-hybridized carbons (Fsp3) is 0.813. The molecule has 0 saturated heterocycles.